The maximum absolute atomic E-state index is 8.93. The third kappa shape index (κ3) is 48.9. The van der Waals surface area contributed by atoms with Crippen molar-refractivity contribution in [2.75, 3.05) is 20.8 Å². The van der Waals surface area contributed by atoms with Crippen LogP contribution < -0.4 is 5.73 Å². The van der Waals surface area contributed by atoms with Gasteiger partial charge in [0, 0.05) is 20.8 Å². The summed E-state index contributed by atoms with van der Waals surface area (Å²) in [4.78, 5) is 0. The van der Waals surface area contributed by atoms with Crippen molar-refractivity contribution in [3.63, 3.8) is 0 Å². The van der Waals surface area contributed by atoms with Gasteiger partial charge < -0.3 is 20.7 Å². The van der Waals surface area contributed by atoms with Crippen LogP contribution in [-0.4, -0.2) is 37.3 Å². The zero-order chi connectivity index (χ0) is 26.0. The first-order valence-corrected chi connectivity index (χ1v) is 14.7. The van der Waals surface area contributed by atoms with Gasteiger partial charge in [-0.1, -0.05) is 122 Å². The van der Waals surface area contributed by atoms with Crippen LogP contribution in [0.1, 0.15) is 155 Å². The molecule has 4 N–H and O–H groups in total. The molecule has 0 aliphatic heterocycles. The Morgan fingerprint density at radius 2 is 0.912 bits per heavy atom. The van der Waals surface area contributed by atoms with Gasteiger partial charge >= 0.3 is 0 Å². The van der Waals surface area contributed by atoms with Crippen LogP contribution in [0.4, 0.5) is 0 Å². The van der Waals surface area contributed by atoms with Gasteiger partial charge in [-0.15, -0.1) is 0 Å². The van der Waals surface area contributed by atoms with E-state index in [0.29, 0.717) is 6.61 Å². The first-order chi connectivity index (χ1) is 16.6. The van der Waals surface area contributed by atoms with Gasteiger partial charge in [-0.3, -0.25) is 0 Å². The van der Waals surface area contributed by atoms with Crippen molar-refractivity contribution in [3.8, 4) is 0 Å². The summed E-state index contributed by atoms with van der Waals surface area (Å²) in [5, 5.41) is 17.4. The molecule has 0 aliphatic rings. The van der Waals surface area contributed by atoms with E-state index in [2.05, 4.69) is 30.7 Å². The number of aliphatic hydroxyl groups is 2. The predicted molar refractivity (Wildman–Crippen MR) is 152 cm³/mol. The van der Waals surface area contributed by atoms with Gasteiger partial charge in [-0.25, -0.2) is 0 Å². The zero-order valence-electron chi connectivity index (χ0n) is 23.9. The minimum absolute atomic E-state index is 0.370. The highest BCUT2D eigenvalue weighted by molar-refractivity contribution is 4.81. The largest absolute Gasteiger partial charge is 0.396 e. The lowest BCUT2D eigenvalue weighted by molar-refractivity contribution is 0.168. The van der Waals surface area contributed by atoms with Crippen LogP contribution in [-0.2, 0) is 4.74 Å². The molecule has 1 atom stereocenters. The zero-order valence-corrected chi connectivity index (χ0v) is 23.9. The van der Waals surface area contributed by atoms with Crippen molar-refractivity contribution in [3.05, 3.63) is 12.2 Å². The van der Waals surface area contributed by atoms with Gasteiger partial charge in [0.05, 0.1) is 0 Å². The van der Waals surface area contributed by atoms with Crippen LogP contribution >= 0.6 is 0 Å². The van der Waals surface area contributed by atoms with Crippen molar-refractivity contribution in [1.29, 1.82) is 0 Å². The second kappa shape index (κ2) is 39.8. The quantitative estimate of drug-likeness (QED) is 0.0765. The van der Waals surface area contributed by atoms with E-state index in [1.165, 1.54) is 122 Å². The molecule has 4 heteroatoms. The molecule has 0 saturated heterocycles. The van der Waals surface area contributed by atoms with E-state index >= 15 is 0 Å². The molecule has 0 aliphatic carbocycles. The number of unbranched alkanes of at least 4 members (excludes halogenated alkanes) is 18. The van der Waals surface area contributed by atoms with Crippen LogP contribution in [0.2, 0.25) is 0 Å². The molecule has 0 amide bonds. The Bertz CT molecular complexity index is 327. The molecule has 0 rings (SSSR count). The van der Waals surface area contributed by atoms with Gasteiger partial charge in [-0.2, -0.15) is 0 Å². The first kappa shape index (κ1) is 38.1. The normalized spacial score (nSPS) is 11.6. The Hall–Kier alpha value is -0.420. The molecule has 0 radical (unpaired) electrons. The van der Waals surface area contributed by atoms with Crippen LogP contribution in [0.25, 0.3) is 0 Å². The molecule has 0 fully saturated rings. The van der Waals surface area contributed by atoms with Gasteiger partial charge in [0.25, 0.3) is 0 Å². The lowest BCUT2D eigenvalue weighted by atomic mass is 10.1. The number of hydrogen-bond donors (Lipinski definition) is 3. The molecule has 0 aromatic heterocycles. The summed E-state index contributed by atoms with van der Waals surface area (Å²) in [5.74, 6) is 0. The number of nitrogens with two attached hydrogens (primary N) is 1. The SMILES string of the molecule is CCCCCC/C=C\CCCCCCCCCC(N)O.CCCCCCCCCCO.COC. The monoisotopic (exact) mass is 487 g/mol. The second-order valence-electron chi connectivity index (χ2n) is 9.55. The molecule has 0 aromatic carbocycles. The fraction of sp³-hybridized carbons (Fsp3) is 0.933. The van der Waals surface area contributed by atoms with Crippen molar-refractivity contribution in [1.82, 2.24) is 0 Å². The van der Waals surface area contributed by atoms with Crippen molar-refractivity contribution >= 4 is 0 Å². The third-order valence-electron chi connectivity index (χ3n) is 5.77. The number of methoxy groups -OCH3 is 1. The summed E-state index contributed by atoms with van der Waals surface area (Å²) in [6.07, 6.45) is 32.2. The van der Waals surface area contributed by atoms with Crippen LogP contribution in [0.3, 0.4) is 0 Å². The van der Waals surface area contributed by atoms with E-state index in [9.17, 15) is 0 Å². The minimum atomic E-state index is -0.608. The van der Waals surface area contributed by atoms with Crippen LogP contribution in [0.15, 0.2) is 12.2 Å². The molecule has 0 bridgehead atoms. The standard InChI is InChI=1S/C18H37NO.C10H22O.C2H6O/c1-2-3-4-5-6-7-8-9-10-11-12-13-14-15-16-17-18(19)20;1-2-3-4-5-6-7-8-9-10-11;1-3-2/h7-8,18,20H,2-6,9-17,19H2,1H3;11H,2-10H2,1H3;1-2H3/b8-7-;;. The predicted octanol–water partition coefficient (Wildman–Crippen LogP) is 8.68. The number of rotatable bonds is 23. The molecule has 0 heterocycles. The Labute approximate surface area is 215 Å². The maximum atomic E-state index is 8.93. The molecule has 0 spiro atoms. The molecule has 34 heavy (non-hydrogen) atoms. The van der Waals surface area contributed by atoms with E-state index in [-0.39, 0.29) is 0 Å². The first-order valence-electron chi connectivity index (χ1n) is 14.7. The van der Waals surface area contributed by atoms with E-state index < -0.39 is 6.23 Å². The third-order valence-corrected chi connectivity index (χ3v) is 5.77. The van der Waals surface area contributed by atoms with E-state index in [1.807, 2.05) is 0 Å². The highest BCUT2D eigenvalue weighted by Crippen LogP contribution is 2.11. The Morgan fingerprint density at radius 1 is 0.588 bits per heavy atom. The smallest absolute Gasteiger partial charge is 0.102 e. The van der Waals surface area contributed by atoms with Gasteiger partial charge in [-0.05, 0) is 44.9 Å². The fourth-order valence-electron chi connectivity index (χ4n) is 3.67. The molecule has 1 unspecified atom stereocenters. The van der Waals surface area contributed by atoms with E-state index in [4.69, 9.17) is 15.9 Å². The molecule has 0 saturated carbocycles. The minimum Gasteiger partial charge on any atom is -0.396 e. The van der Waals surface area contributed by atoms with Gasteiger partial charge in [0.15, 0.2) is 0 Å². The van der Waals surface area contributed by atoms with Gasteiger partial charge in [0.2, 0.25) is 0 Å². The van der Waals surface area contributed by atoms with E-state index in [0.717, 1.165) is 19.3 Å². The lowest BCUT2D eigenvalue weighted by Gasteiger charge is -2.03. The van der Waals surface area contributed by atoms with E-state index in [1.54, 1.807) is 14.2 Å². The second-order valence-corrected chi connectivity index (χ2v) is 9.55. The summed E-state index contributed by atoms with van der Waals surface area (Å²) < 4.78 is 4.25. The molecular weight excluding hydrogens is 422 g/mol. The Kier molecular flexibility index (Phi) is 44.6. The summed E-state index contributed by atoms with van der Waals surface area (Å²) in [7, 11) is 3.25. The number of aliphatic hydroxyl groups excluding tert-OH is 2. The average Bonchev–Trinajstić information content (AvgIpc) is 2.82. The molecule has 0 aromatic rings. The highest BCUT2D eigenvalue weighted by atomic mass is 16.4. The summed E-state index contributed by atoms with van der Waals surface area (Å²) in [6, 6.07) is 0. The summed E-state index contributed by atoms with van der Waals surface area (Å²) in [6.45, 7) is 4.87. The van der Waals surface area contributed by atoms with Gasteiger partial charge in [0.1, 0.15) is 6.23 Å². The summed E-state index contributed by atoms with van der Waals surface area (Å²) in [5.41, 5.74) is 5.30. The lowest BCUT2D eigenvalue weighted by Crippen LogP contribution is -2.17. The number of allylic oxidation sites excluding steroid dienone is 2. The Morgan fingerprint density at radius 3 is 1.29 bits per heavy atom. The topological polar surface area (TPSA) is 75.7 Å². The molecular formula is C30H65NO3. The Balaban J connectivity index is -0.000000575. The van der Waals surface area contributed by atoms with Crippen molar-refractivity contribution < 1.29 is 14.9 Å². The van der Waals surface area contributed by atoms with Crippen LogP contribution in [0, 0.1) is 0 Å². The average molecular weight is 488 g/mol. The number of ether oxygens (including phenoxy) is 1. The van der Waals surface area contributed by atoms with Crippen molar-refractivity contribution in [2.45, 2.75) is 161 Å². The van der Waals surface area contributed by atoms with Crippen LogP contribution in [0.5, 0.6) is 0 Å². The molecule has 4 nitrogen and oxygen atoms in total. The maximum Gasteiger partial charge on any atom is 0.102 e. The van der Waals surface area contributed by atoms with Crippen molar-refractivity contribution in [2.24, 2.45) is 5.73 Å². The summed E-state index contributed by atoms with van der Waals surface area (Å²) >= 11 is 0. The molecule has 208 valence electrons. The fourth-order valence-corrected chi connectivity index (χ4v) is 3.67. The highest BCUT2D eigenvalue weighted by Gasteiger charge is 1.96. The number of hydrogen-bond acceptors (Lipinski definition) is 4.